The molecule has 6 heteroatoms. The van der Waals surface area contributed by atoms with Crippen molar-refractivity contribution in [1.29, 1.82) is 0 Å². The molecule has 0 saturated heterocycles. The minimum Gasteiger partial charge on any atom is -0.465 e. The topological polar surface area (TPSA) is 77.8 Å². The number of methoxy groups -OCH3 is 2. The van der Waals surface area contributed by atoms with Gasteiger partial charge in [-0.1, -0.05) is 49.2 Å². The summed E-state index contributed by atoms with van der Waals surface area (Å²) < 4.78 is 15.3. The van der Waals surface area contributed by atoms with Crippen LogP contribution in [0.15, 0.2) is 28.7 Å². The molecule has 2 aromatic rings. The first kappa shape index (κ1) is 20.3. The Labute approximate surface area is 159 Å². The fourth-order valence-corrected chi connectivity index (χ4v) is 2.51. The second kappa shape index (κ2) is 9.62. The van der Waals surface area contributed by atoms with Crippen molar-refractivity contribution in [3.8, 4) is 0 Å². The van der Waals surface area contributed by atoms with E-state index in [1.165, 1.54) is 14.2 Å². The number of rotatable bonds is 8. The van der Waals surface area contributed by atoms with Gasteiger partial charge in [0.15, 0.2) is 5.76 Å². The lowest BCUT2D eigenvalue weighted by Gasteiger charge is -2.07. The van der Waals surface area contributed by atoms with Gasteiger partial charge in [-0.15, -0.1) is 0 Å². The lowest BCUT2D eigenvalue weighted by Crippen LogP contribution is -2.12. The normalized spacial score (nSPS) is 10.8. The van der Waals surface area contributed by atoms with E-state index in [-0.39, 0.29) is 11.3 Å². The first-order valence-corrected chi connectivity index (χ1v) is 8.83. The Kier molecular flexibility index (Phi) is 7.23. The average molecular weight is 371 g/mol. The summed E-state index contributed by atoms with van der Waals surface area (Å²) in [5, 5.41) is 3.19. The Morgan fingerprint density at radius 2 is 1.74 bits per heavy atom. The summed E-state index contributed by atoms with van der Waals surface area (Å²) in [4.78, 5) is 24.4. The molecule has 1 aromatic heterocycles. The minimum atomic E-state index is -0.732. The molecule has 0 aliphatic heterocycles. The molecular weight excluding hydrogens is 346 g/mol. The molecule has 0 aliphatic carbocycles. The molecule has 144 valence electrons. The average Bonchev–Trinajstić information content (AvgIpc) is 3.05. The lowest BCUT2D eigenvalue weighted by atomic mass is 10.1. The van der Waals surface area contributed by atoms with Crippen molar-refractivity contribution in [2.24, 2.45) is 0 Å². The van der Waals surface area contributed by atoms with Crippen LogP contribution in [0.2, 0.25) is 0 Å². The maximum absolute atomic E-state index is 12.3. The third kappa shape index (κ3) is 5.00. The molecule has 0 radical (unpaired) electrons. The van der Waals surface area contributed by atoms with Crippen LogP contribution in [0.4, 0.5) is 5.69 Å². The number of unbranched alkanes of at least 4 members (excludes halogenated alkanes) is 1. The van der Waals surface area contributed by atoms with Gasteiger partial charge in [-0.05, 0) is 25.0 Å². The molecule has 0 aliphatic rings. The zero-order chi connectivity index (χ0) is 19.8. The van der Waals surface area contributed by atoms with Gasteiger partial charge in [0.05, 0.1) is 19.9 Å². The molecule has 1 N–H and O–H groups in total. The van der Waals surface area contributed by atoms with Crippen molar-refractivity contribution in [1.82, 2.24) is 0 Å². The lowest BCUT2D eigenvalue weighted by molar-refractivity contribution is 0.0528. The number of carbonyl (C=O) groups is 2. The number of aryl methyl sites for hydroxylation is 1. The monoisotopic (exact) mass is 371 g/mol. The Morgan fingerprint density at radius 3 is 2.33 bits per heavy atom. The number of nitrogens with one attached hydrogen (secondary N) is 1. The van der Waals surface area contributed by atoms with Crippen molar-refractivity contribution >= 4 is 29.8 Å². The largest absolute Gasteiger partial charge is 0.465 e. The van der Waals surface area contributed by atoms with Gasteiger partial charge in [-0.2, -0.15) is 0 Å². The molecule has 0 amide bonds. The van der Waals surface area contributed by atoms with Gasteiger partial charge in [-0.3, -0.25) is 0 Å². The van der Waals surface area contributed by atoms with Gasteiger partial charge >= 0.3 is 11.9 Å². The zero-order valence-corrected chi connectivity index (χ0v) is 16.1. The number of hydrogen-bond acceptors (Lipinski definition) is 6. The van der Waals surface area contributed by atoms with Crippen LogP contribution < -0.4 is 5.32 Å². The highest BCUT2D eigenvalue weighted by molar-refractivity contribution is 6.07. The molecule has 1 heterocycles. The second-order valence-electron chi connectivity index (χ2n) is 6.05. The number of esters is 2. The fraction of sp³-hybridized carbons (Fsp3) is 0.333. The molecule has 0 bridgehead atoms. The molecule has 0 unspecified atom stereocenters. The summed E-state index contributed by atoms with van der Waals surface area (Å²) in [6, 6.07) is 7.95. The van der Waals surface area contributed by atoms with Crippen LogP contribution >= 0.6 is 0 Å². The van der Waals surface area contributed by atoms with Gasteiger partial charge in [-0.25, -0.2) is 9.59 Å². The van der Waals surface area contributed by atoms with Crippen molar-refractivity contribution in [3.63, 3.8) is 0 Å². The number of hydrogen-bond donors (Lipinski definition) is 1. The summed E-state index contributed by atoms with van der Waals surface area (Å²) in [7, 11) is 2.49. The number of ether oxygens (including phenoxy) is 2. The van der Waals surface area contributed by atoms with Crippen LogP contribution in [0.5, 0.6) is 0 Å². The highest BCUT2D eigenvalue weighted by atomic mass is 16.5. The molecule has 0 fully saturated rings. The van der Waals surface area contributed by atoms with E-state index in [4.69, 9.17) is 13.9 Å². The molecule has 0 atom stereocenters. The number of carbonyl (C=O) groups excluding carboxylic acids is 2. The number of furan rings is 1. The Morgan fingerprint density at radius 1 is 1.07 bits per heavy atom. The van der Waals surface area contributed by atoms with Gasteiger partial charge in [0.1, 0.15) is 5.56 Å². The maximum Gasteiger partial charge on any atom is 0.374 e. The SMILES string of the molecule is CCCCNc1c(/C=C/c2ccc(C)cc2)oc(C(=O)OC)c1C(=O)OC. The quantitative estimate of drug-likeness (QED) is 0.542. The summed E-state index contributed by atoms with van der Waals surface area (Å²) in [6.07, 6.45) is 5.46. The first-order chi connectivity index (χ1) is 13.0. The Bertz CT molecular complexity index is 818. The Hall–Kier alpha value is -3.02. The smallest absolute Gasteiger partial charge is 0.374 e. The number of anilines is 1. The summed E-state index contributed by atoms with van der Waals surface area (Å²) in [5.74, 6) is -1.20. The first-order valence-electron chi connectivity index (χ1n) is 8.83. The van der Waals surface area contributed by atoms with Crippen LogP contribution in [-0.2, 0) is 9.47 Å². The molecule has 2 rings (SSSR count). The van der Waals surface area contributed by atoms with Crippen LogP contribution in [0.1, 0.15) is 57.6 Å². The molecule has 0 spiro atoms. The molecule has 1 aromatic carbocycles. The van der Waals surface area contributed by atoms with E-state index in [0.717, 1.165) is 24.0 Å². The van der Waals surface area contributed by atoms with E-state index >= 15 is 0 Å². The maximum atomic E-state index is 12.3. The summed E-state index contributed by atoms with van der Waals surface area (Å²) in [5.41, 5.74) is 2.60. The van der Waals surface area contributed by atoms with E-state index in [0.29, 0.717) is 18.0 Å². The van der Waals surface area contributed by atoms with Crippen molar-refractivity contribution < 1.29 is 23.5 Å². The van der Waals surface area contributed by atoms with Crippen molar-refractivity contribution in [3.05, 3.63) is 52.5 Å². The fourth-order valence-electron chi connectivity index (χ4n) is 2.51. The molecule has 27 heavy (non-hydrogen) atoms. The van der Waals surface area contributed by atoms with Crippen LogP contribution in [0.3, 0.4) is 0 Å². The summed E-state index contributed by atoms with van der Waals surface area (Å²) >= 11 is 0. The highest BCUT2D eigenvalue weighted by Crippen LogP contribution is 2.31. The van der Waals surface area contributed by atoms with Gasteiger partial charge in [0.25, 0.3) is 0 Å². The Balaban J connectivity index is 2.49. The van der Waals surface area contributed by atoms with Crippen molar-refractivity contribution in [2.75, 3.05) is 26.1 Å². The predicted molar refractivity (Wildman–Crippen MR) is 105 cm³/mol. The third-order valence-corrected chi connectivity index (χ3v) is 4.03. The summed E-state index contributed by atoms with van der Waals surface area (Å²) in [6.45, 7) is 4.71. The van der Waals surface area contributed by atoms with Crippen LogP contribution in [0, 0.1) is 6.92 Å². The molecule has 0 saturated carbocycles. The second-order valence-corrected chi connectivity index (χ2v) is 6.05. The van der Waals surface area contributed by atoms with Crippen LogP contribution in [0.25, 0.3) is 12.2 Å². The third-order valence-electron chi connectivity index (χ3n) is 4.03. The highest BCUT2D eigenvalue weighted by Gasteiger charge is 2.30. The van der Waals surface area contributed by atoms with Gasteiger partial charge in [0.2, 0.25) is 5.76 Å². The van der Waals surface area contributed by atoms with Gasteiger partial charge < -0.3 is 19.2 Å². The van der Waals surface area contributed by atoms with E-state index < -0.39 is 11.9 Å². The van der Waals surface area contributed by atoms with E-state index in [2.05, 4.69) is 12.2 Å². The van der Waals surface area contributed by atoms with Crippen LogP contribution in [-0.4, -0.2) is 32.7 Å². The molecule has 6 nitrogen and oxygen atoms in total. The molecular formula is C21H25NO5. The van der Waals surface area contributed by atoms with E-state index in [1.54, 1.807) is 6.08 Å². The van der Waals surface area contributed by atoms with E-state index in [9.17, 15) is 9.59 Å². The zero-order valence-electron chi connectivity index (χ0n) is 16.1. The van der Waals surface area contributed by atoms with Crippen molar-refractivity contribution in [2.45, 2.75) is 26.7 Å². The van der Waals surface area contributed by atoms with Gasteiger partial charge in [0, 0.05) is 6.54 Å². The predicted octanol–water partition coefficient (Wildman–Crippen LogP) is 4.54. The number of benzene rings is 1. The standard InChI is InChI=1S/C21H25NO5/c1-5-6-13-22-18-16(12-11-15-9-7-14(2)8-10-15)27-19(21(24)26-4)17(18)20(23)25-3/h7-12,22H,5-6,13H2,1-4H3/b12-11+. The van der Waals surface area contributed by atoms with E-state index in [1.807, 2.05) is 37.3 Å². The minimum absolute atomic E-state index is 0.0454.